The van der Waals surface area contributed by atoms with Gasteiger partial charge in [0.2, 0.25) is 0 Å². The number of nitrogens with one attached hydrogen (secondary N) is 1. The third kappa shape index (κ3) is 2.47. The van der Waals surface area contributed by atoms with E-state index in [0.717, 1.165) is 51.0 Å². The number of aromatic nitrogens is 2. The molecule has 5 nitrogen and oxygen atoms in total. The van der Waals surface area contributed by atoms with E-state index in [0.29, 0.717) is 0 Å². The summed E-state index contributed by atoms with van der Waals surface area (Å²) in [5.74, 6) is 0. The number of hydrogen-bond acceptors (Lipinski definition) is 4. The van der Waals surface area contributed by atoms with Crippen molar-refractivity contribution >= 4 is 10.9 Å². The lowest BCUT2D eigenvalue weighted by Gasteiger charge is -2.56. The van der Waals surface area contributed by atoms with Gasteiger partial charge in [0.05, 0.1) is 23.9 Å². The number of aliphatic hydroxyl groups excluding tert-OH is 1. The first-order valence-corrected chi connectivity index (χ1v) is 8.66. The van der Waals surface area contributed by atoms with E-state index in [1.54, 1.807) is 0 Å². The largest absolute Gasteiger partial charge is 0.392 e. The maximum atomic E-state index is 10.3. The van der Waals surface area contributed by atoms with Crippen LogP contribution in [-0.4, -0.2) is 52.1 Å². The highest BCUT2D eigenvalue weighted by Crippen LogP contribution is 2.51. The molecule has 2 N–H and O–H groups in total. The Hall–Kier alpha value is -1.43. The standard InChI is InChI=1S/C18H25N3O2/c1-2-23-16-10-15(22)18(16)6-8-21(9-7-18)12-14-5-3-4-13-11-19-20-17(13)14/h3-5,11,15-16,22H,2,6-10,12H2,1H3,(H,19,20). The Morgan fingerprint density at radius 1 is 1.39 bits per heavy atom. The first-order chi connectivity index (χ1) is 11.2. The second kappa shape index (κ2) is 5.89. The average molecular weight is 315 g/mol. The predicted octanol–water partition coefficient (Wildman–Crippen LogP) is 2.31. The molecule has 5 heteroatoms. The van der Waals surface area contributed by atoms with Crippen LogP contribution >= 0.6 is 0 Å². The molecule has 2 atom stereocenters. The van der Waals surface area contributed by atoms with Crippen LogP contribution in [0.2, 0.25) is 0 Å². The third-order valence-corrected chi connectivity index (χ3v) is 5.85. The summed E-state index contributed by atoms with van der Waals surface area (Å²) in [6, 6.07) is 6.36. The van der Waals surface area contributed by atoms with Gasteiger partial charge in [0, 0.05) is 30.4 Å². The summed E-state index contributed by atoms with van der Waals surface area (Å²) < 4.78 is 5.85. The van der Waals surface area contributed by atoms with E-state index in [2.05, 4.69) is 33.3 Å². The van der Waals surface area contributed by atoms with E-state index in [9.17, 15) is 5.11 Å². The van der Waals surface area contributed by atoms with Crippen molar-refractivity contribution in [3.8, 4) is 0 Å². The van der Waals surface area contributed by atoms with Crippen molar-refractivity contribution in [1.82, 2.24) is 15.1 Å². The van der Waals surface area contributed by atoms with Crippen LogP contribution in [0.15, 0.2) is 24.4 Å². The summed E-state index contributed by atoms with van der Waals surface area (Å²) in [6.07, 6.45) is 4.80. The van der Waals surface area contributed by atoms with E-state index in [-0.39, 0.29) is 17.6 Å². The Labute approximate surface area is 136 Å². The molecule has 2 unspecified atom stereocenters. The molecular weight excluding hydrogens is 290 g/mol. The average Bonchev–Trinajstić information content (AvgIpc) is 3.05. The maximum absolute atomic E-state index is 10.3. The molecule has 2 fully saturated rings. The lowest BCUT2D eigenvalue weighted by molar-refractivity contribution is -0.209. The number of aromatic amines is 1. The Bertz CT molecular complexity index is 674. The highest BCUT2D eigenvalue weighted by atomic mass is 16.5. The molecule has 1 aromatic carbocycles. The molecule has 2 heterocycles. The number of ether oxygens (including phenoxy) is 1. The fraction of sp³-hybridized carbons (Fsp3) is 0.611. The lowest BCUT2D eigenvalue weighted by Crippen LogP contribution is -2.62. The molecule has 2 aliphatic rings. The van der Waals surface area contributed by atoms with Crippen molar-refractivity contribution in [3.05, 3.63) is 30.0 Å². The predicted molar refractivity (Wildman–Crippen MR) is 89.1 cm³/mol. The van der Waals surface area contributed by atoms with Gasteiger partial charge in [0.1, 0.15) is 0 Å². The maximum Gasteiger partial charge on any atom is 0.0695 e. The van der Waals surface area contributed by atoms with Crippen LogP contribution in [0.1, 0.15) is 31.7 Å². The summed E-state index contributed by atoms with van der Waals surface area (Å²) in [5.41, 5.74) is 2.45. The van der Waals surface area contributed by atoms with Crippen molar-refractivity contribution in [1.29, 1.82) is 0 Å². The van der Waals surface area contributed by atoms with Gasteiger partial charge in [-0.2, -0.15) is 5.10 Å². The minimum Gasteiger partial charge on any atom is -0.392 e. The van der Waals surface area contributed by atoms with E-state index in [4.69, 9.17) is 4.74 Å². The van der Waals surface area contributed by atoms with Crippen molar-refractivity contribution in [3.63, 3.8) is 0 Å². The summed E-state index contributed by atoms with van der Waals surface area (Å²) >= 11 is 0. The number of hydrogen-bond donors (Lipinski definition) is 2. The Balaban J connectivity index is 1.43. The SMILES string of the molecule is CCOC1CC(O)C12CCN(Cc1cccc3cn[nH]c13)CC2. The van der Waals surface area contributed by atoms with Gasteiger partial charge in [-0.05, 0) is 38.4 Å². The Kier molecular flexibility index (Phi) is 3.87. The van der Waals surface area contributed by atoms with Crippen molar-refractivity contribution in [2.75, 3.05) is 19.7 Å². The van der Waals surface area contributed by atoms with Crippen molar-refractivity contribution in [2.45, 2.75) is 44.9 Å². The highest BCUT2D eigenvalue weighted by Gasteiger charge is 2.55. The van der Waals surface area contributed by atoms with Crippen molar-refractivity contribution in [2.24, 2.45) is 5.41 Å². The van der Waals surface area contributed by atoms with Gasteiger partial charge in [-0.3, -0.25) is 10.00 Å². The number of fused-ring (bicyclic) bond motifs is 1. The van der Waals surface area contributed by atoms with E-state index >= 15 is 0 Å². The molecule has 124 valence electrons. The molecule has 0 radical (unpaired) electrons. The minimum absolute atomic E-state index is 0.00645. The second-order valence-electron chi connectivity index (χ2n) is 6.96. The topological polar surface area (TPSA) is 61.4 Å². The minimum atomic E-state index is -0.183. The first kappa shape index (κ1) is 15.1. The van der Waals surface area contributed by atoms with Crippen LogP contribution in [0.3, 0.4) is 0 Å². The monoisotopic (exact) mass is 315 g/mol. The molecule has 23 heavy (non-hydrogen) atoms. The van der Waals surface area contributed by atoms with Crippen LogP contribution in [0.4, 0.5) is 0 Å². The van der Waals surface area contributed by atoms with E-state index in [1.807, 2.05) is 13.1 Å². The van der Waals surface area contributed by atoms with E-state index < -0.39 is 0 Å². The van der Waals surface area contributed by atoms with Gasteiger partial charge in [-0.1, -0.05) is 18.2 Å². The van der Waals surface area contributed by atoms with E-state index in [1.165, 1.54) is 10.9 Å². The molecule has 4 rings (SSSR count). The molecule has 1 aliphatic heterocycles. The summed E-state index contributed by atoms with van der Waals surface area (Å²) in [6.45, 7) is 5.75. The quantitative estimate of drug-likeness (QED) is 0.909. The lowest BCUT2D eigenvalue weighted by atomic mass is 9.58. The zero-order valence-electron chi connectivity index (χ0n) is 13.7. The molecule has 1 aromatic heterocycles. The molecule has 2 aromatic rings. The number of benzene rings is 1. The fourth-order valence-electron chi connectivity index (χ4n) is 4.35. The zero-order valence-corrected chi connectivity index (χ0v) is 13.7. The molecule has 1 saturated carbocycles. The number of para-hydroxylation sites is 1. The molecule has 1 saturated heterocycles. The second-order valence-corrected chi connectivity index (χ2v) is 6.96. The molecule has 0 amide bonds. The van der Waals surface area contributed by atoms with Crippen LogP contribution < -0.4 is 0 Å². The van der Waals surface area contributed by atoms with Gasteiger partial charge in [0.15, 0.2) is 0 Å². The van der Waals surface area contributed by atoms with Gasteiger partial charge < -0.3 is 9.84 Å². The first-order valence-electron chi connectivity index (χ1n) is 8.66. The van der Waals surface area contributed by atoms with Gasteiger partial charge >= 0.3 is 0 Å². The van der Waals surface area contributed by atoms with Gasteiger partial charge in [-0.15, -0.1) is 0 Å². The molecule has 0 bridgehead atoms. The summed E-state index contributed by atoms with van der Waals surface area (Å²) in [4.78, 5) is 2.48. The van der Waals surface area contributed by atoms with Crippen LogP contribution in [0, 0.1) is 5.41 Å². The normalized spacial score (nSPS) is 27.4. The van der Waals surface area contributed by atoms with Crippen LogP contribution in [0.5, 0.6) is 0 Å². The third-order valence-electron chi connectivity index (χ3n) is 5.85. The highest BCUT2D eigenvalue weighted by molar-refractivity contribution is 5.81. The number of rotatable bonds is 4. The number of H-pyrrole nitrogens is 1. The Morgan fingerprint density at radius 2 is 2.22 bits per heavy atom. The van der Waals surface area contributed by atoms with Crippen LogP contribution in [-0.2, 0) is 11.3 Å². The number of likely N-dealkylation sites (tertiary alicyclic amines) is 1. The number of nitrogens with zero attached hydrogens (tertiary/aromatic N) is 2. The summed E-state index contributed by atoms with van der Waals surface area (Å²) in [5, 5.41) is 18.7. The Morgan fingerprint density at radius 3 is 2.96 bits per heavy atom. The van der Waals surface area contributed by atoms with Gasteiger partial charge in [0.25, 0.3) is 0 Å². The smallest absolute Gasteiger partial charge is 0.0695 e. The number of aliphatic hydroxyl groups is 1. The molecule has 1 aliphatic carbocycles. The summed E-state index contributed by atoms with van der Waals surface area (Å²) in [7, 11) is 0. The molecular formula is C18H25N3O2. The molecule has 1 spiro atoms. The van der Waals surface area contributed by atoms with Crippen molar-refractivity contribution < 1.29 is 9.84 Å². The fourth-order valence-corrected chi connectivity index (χ4v) is 4.35. The van der Waals surface area contributed by atoms with Crippen LogP contribution in [0.25, 0.3) is 10.9 Å². The zero-order chi connectivity index (χ0) is 15.9. The number of piperidine rings is 1. The van der Waals surface area contributed by atoms with Gasteiger partial charge in [-0.25, -0.2) is 0 Å².